The van der Waals surface area contributed by atoms with Gasteiger partial charge in [-0.1, -0.05) is 0 Å². The van der Waals surface area contributed by atoms with Gasteiger partial charge in [-0.15, -0.1) is 0 Å². The maximum atomic E-state index is 11.1. The minimum absolute atomic E-state index is 0.122. The fourth-order valence-corrected chi connectivity index (χ4v) is 1.05. The van der Waals surface area contributed by atoms with Gasteiger partial charge in [0.1, 0.15) is 0 Å². The molecule has 0 spiro atoms. The summed E-state index contributed by atoms with van der Waals surface area (Å²) >= 11 is 0. The van der Waals surface area contributed by atoms with Gasteiger partial charge in [-0.3, -0.25) is 0 Å². The molecule has 0 saturated heterocycles. The van der Waals surface area contributed by atoms with Crippen LogP contribution in [0.25, 0.3) is 0 Å². The van der Waals surface area contributed by atoms with Crippen molar-refractivity contribution in [3.05, 3.63) is 0 Å². The fraction of sp³-hybridized carbons (Fsp3) is 1.00. The first-order chi connectivity index (χ1) is 6.12. The summed E-state index contributed by atoms with van der Waals surface area (Å²) < 4.78 is 57.1. The summed E-state index contributed by atoms with van der Waals surface area (Å²) in [5.41, 5.74) is 0. The number of hydrogen-bond acceptors (Lipinski definition) is 4. The Balaban J connectivity index is 0. The van der Waals surface area contributed by atoms with Crippen molar-refractivity contribution in [3.8, 4) is 0 Å². The Bertz CT molecular complexity index is 224. The van der Waals surface area contributed by atoms with Crippen molar-refractivity contribution in [1.82, 2.24) is 0 Å². The molecule has 0 rings (SSSR count). The number of ether oxygens (including phenoxy) is 1. The molecule has 0 saturated carbocycles. The number of alkyl halides is 3. The summed E-state index contributed by atoms with van der Waals surface area (Å²) in [4.78, 5) is 0. The van der Waals surface area contributed by atoms with Gasteiger partial charge in [-0.05, 0) is 0 Å². The lowest BCUT2D eigenvalue weighted by Gasteiger charge is -2.00. The smallest absolute Gasteiger partial charge is 0.394 e. The summed E-state index contributed by atoms with van der Waals surface area (Å²) in [6.45, 7) is 0.566. The van der Waals surface area contributed by atoms with Crippen LogP contribution in [-0.2, 0) is 13.8 Å². The van der Waals surface area contributed by atoms with Crippen LogP contribution in [0.15, 0.2) is 0 Å². The fourth-order valence-electron chi connectivity index (χ4n) is 0.287. The molecule has 88 valence electrons. The number of halogens is 4. The largest absolute Gasteiger partial charge is 0.404 e. The normalized spacial score (nSPS) is 11.9. The van der Waals surface area contributed by atoms with Crippen molar-refractivity contribution < 1.29 is 31.4 Å². The summed E-state index contributed by atoms with van der Waals surface area (Å²) in [7, 11) is 1.39. The van der Waals surface area contributed by atoms with Gasteiger partial charge in [0.05, 0.1) is 13.2 Å². The van der Waals surface area contributed by atoms with Crippen molar-refractivity contribution >= 4 is 19.7 Å². The van der Waals surface area contributed by atoms with E-state index in [4.69, 9.17) is 5.11 Å². The lowest BCUT2D eigenvalue weighted by Crippen LogP contribution is -2.18. The molecule has 0 amide bonds. The quantitative estimate of drug-likeness (QED) is 0.759. The van der Waals surface area contributed by atoms with E-state index in [1.807, 2.05) is 0 Å². The van der Waals surface area contributed by atoms with Gasteiger partial charge < -0.3 is 9.84 Å². The SMILES string of the molecule is COCCO.O=S(=O)(Cl)CC(F)(F)F. The molecule has 0 aromatic carbocycles. The summed E-state index contributed by atoms with van der Waals surface area (Å²) in [6.07, 6.45) is -4.74. The van der Waals surface area contributed by atoms with Crippen LogP contribution in [-0.4, -0.2) is 45.8 Å². The van der Waals surface area contributed by atoms with Crippen molar-refractivity contribution in [3.63, 3.8) is 0 Å². The zero-order chi connectivity index (χ0) is 11.8. The first kappa shape index (κ1) is 16.4. The molecule has 1 N–H and O–H groups in total. The number of rotatable bonds is 3. The van der Waals surface area contributed by atoms with E-state index in [-0.39, 0.29) is 6.61 Å². The van der Waals surface area contributed by atoms with E-state index in [1.54, 1.807) is 7.11 Å². The topological polar surface area (TPSA) is 63.6 Å². The molecule has 14 heavy (non-hydrogen) atoms. The second-order valence-corrected chi connectivity index (χ2v) is 4.79. The van der Waals surface area contributed by atoms with Crippen LogP contribution in [0.1, 0.15) is 0 Å². The van der Waals surface area contributed by atoms with E-state index in [1.165, 1.54) is 0 Å². The summed E-state index contributed by atoms with van der Waals surface area (Å²) in [5.74, 6) is -1.97. The second kappa shape index (κ2) is 7.27. The van der Waals surface area contributed by atoms with E-state index >= 15 is 0 Å². The van der Waals surface area contributed by atoms with Crippen molar-refractivity contribution in [2.75, 3.05) is 26.1 Å². The number of methoxy groups -OCH3 is 1. The molecule has 0 aliphatic carbocycles. The third kappa shape index (κ3) is 22.7. The molecule has 0 heterocycles. The van der Waals surface area contributed by atoms with Gasteiger partial charge in [0.25, 0.3) is 0 Å². The molecule has 0 bridgehead atoms. The molecule has 0 aromatic rings. The van der Waals surface area contributed by atoms with Gasteiger partial charge in [0.2, 0.25) is 9.05 Å². The van der Waals surface area contributed by atoms with E-state index in [0.29, 0.717) is 6.61 Å². The van der Waals surface area contributed by atoms with Crippen LogP contribution in [0.4, 0.5) is 13.2 Å². The maximum absolute atomic E-state index is 11.1. The highest BCUT2D eigenvalue weighted by Gasteiger charge is 2.33. The Morgan fingerprint density at radius 2 is 1.86 bits per heavy atom. The minimum atomic E-state index is -4.74. The van der Waals surface area contributed by atoms with Gasteiger partial charge in [0, 0.05) is 17.8 Å². The van der Waals surface area contributed by atoms with Crippen molar-refractivity contribution in [2.45, 2.75) is 6.18 Å². The highest BCUT2D eigenvalue weighted by Crippen LogP contribution is 2.18. The highest BCUT2D eigenvalue weighted by atomic mass is 35.7. The van der Waals surface area contributed by atoms with E-state index < -0.39 is 21.0 Å². The minimum Gasteiger partial charge on any atom is -0.394 e. The molecule has 9 heteroatoms. The number of aliphatic hydroxyl groups is 1. The van der Waals surface area contributed by atoms with Crippen LogP contribution in [0.5, 0.6) is 0 Å². The Morgan fingerprint density at radius 3 is 1.86 bits per heavy atom. The third-order valence-electron chi connectivity index (χ3n) is 0.631. The Kier molecular flexibility index (Phi) is 8.51. The van der Waals surface area contributed by atoms with E-state index in [9.17, 15) is 21.6 Å². The predicted molar refractivity (Wildman–Crippen MR) is 44.7 cm³/mol. The molecule has 0 aliphatic rings. The lowest BCUT2D eigenvalue weighted by atomic mass is 10.8. The lowest BCUT2D eigenvalue weighted by molar-refractivity contribution is -0.106. The molecule has 0 aromatic heterocycles. The third-order valence-corrected chi connectivity index (χ3v) is 1.63. The van der Waals surface area contributed by atoms with Gasteiger partial charge in [0.15, 0.2) is 5.75 Å². The zero-order valence-corrected chi connectivity index (χ0v) is 8.79. The molecule has 4 nitrogen and oxygen atoms in total. The Hall–Kier alpha value is -0.0500. The van der Waals surface area contributed by atoms with Gasteiger partial charge >= 0.3 is 6.18 Å². The van der Waals surface area contributed by atoms with Crippen molar-refractivity contribution in [1.29, 1.82) is 0 Å². The van der Waals surface area contributed by atoms with Gasteiger partial charge in [-0.25, -0.2) is 8.42 Å². The standard InChI is InChI=1S/C3H8O2.C2H2ClF3O2S/c1-5-3-2-4;3-9(7,8)1-2(4,5)6/h4H,2-3H2,1H3;1H2. The average Bonchev–Trinajstić information content (AvgIpc) is 1.81. The molecule has 0 unspecified atom stereocenters. The van der Waals surface area contributed by atoms with Crippen LogP contribution < -0.4 is 0 Å². The molecule has 0 radical (unpaired) electrons. The van der Waals surface area contributed by atoms with E-state index in [2.05, 4.69) is 15.4 Å². The average molecular weight is 259 g/mol. The molecular weight excluding hydrogens is 249 g/mol. The van der Waals surface area contributed by atoms with Crippen LogP contribution in [0.3, 0.4) is 0 Å². The molecule has 0 aliphatic heterocycles. The van der Waals surface area contributed by atoms with Crippen molar-refractivity contribution in [2.24, 2.45) is 0 Å². The molecule has 0 fully saturated rings. The monoisotopic (exact) mass is 258 g/mol. The predicted octanol–water partition coefficient (Wildman–Crippen LogP) is 0.742. The zero-order valence-electron chi connectivity index (χ0n) is 7.21. The Morgan fingerprint density at radius 1 is 1.43 bits per heavy atom. The van der Waals surface area contributed by atoms with Crippen LogP contribution in [0, 0.1) is 0 Å². The maximum Gasteiger partial charge on any atom is 0.404 e. The highest BCUT2D eigenvalue weighted by molar-refractivity contribution is 8.13. The number of aliphatic hydroxyl groups excluding tert-OH is 1. The van der Waals surface area contributed by atoms with E-state index in [0.717, 1.165) is 0 Å². The summed E-state index contributed by atoms with van der Waals surface area (Å²) in [5, 5.41) is 7.94. The van der Waals surface area contributed by atoms with Crippen LogP contribution in [0.2, 0.25) is 0 Å². The number of hydrogen-bond donors (Lipinski definition) is 1. The van der Waals surface area contributed by atoms with Gasteiger partial charge in [-0.2, -0.15) is 13.2 Å². The Labute approximate surface area is 84.0 Å². The second-order valence-electron chi connectivity index (χ2n) is 2.01. The first-order valence-corrected chi connectivity index (χ1v) is 5.69. The van der Waals surface area contributed by atoms with Crippen LogP contribution >= 0.6 is 10.7 Å². The molecular formula is C5H10ClF3O4S. The molecule has 0 atom stereocenters. The summed E-state index contributed by atoms with van der Waals surface area (Å²) in [6, 6.07) is 0. The first-order valence-electron chi connectivity index (χ1n) is 3.21.